The molecule has 0 radical (unpaired) electrons. The van der Waals surface area contributed by atoms with E-state index in [4.69, 9.17) is 5.73 Å². The Balaban J connectivity index is 2.16. The Morgan fingerprint density at radius 3 is 2.53 bits per heavy atom. The lowest BCUT2D eigenvalue weighted by atomic mass is 10.0. The van der Waals surface area contributed by atoms with Gasteiger partial charge in [-0.15, -0.1) is 0 Å². The van der Waals surface area contributed by atoms with E-state index < -0.39 is 11.6 Å². The van der Waals surface area contributed by atoms with Crippen LogP contribution in [0.25, 0.3) is 0 Å². The van der Waals surface area contributed by atoms with Crippen LogP contribution >= 0.6 is 0 Å². The molecule has 2 rings (SSSR count). The quantitative estimate of drug-likeness (QED) is 0.856. The molecule has 1 fully saturated rings. The highest BCUT2D eigenvalue weighted by Crippen LogP contribution is 2.31. The number of nitrogens with two attached hydrogens (primary N) is 1. The van der Waals surface area contributed by atoms with Crippen LogP contribution in [-0.2, 0) is 0 Å². The summed E-state index contributed by atoms with van der Waals surface area (Å²) in [5, 5.41) is 0. The van der Waals surface area contributed by atoms with Gasteiger partial charge in [-0.2, -0.15) is 0 Å². The highest BCUT2D eigenvalue weighted by molar-refractivity contribution is 5.68. The fourth-order valence-electron chi connectivity index (χ4n) is 2.72. The Morgan fingerprint density at radius 1 is 1.32 bits per heavy atom. The van der Waals surface area contributed by atoms with Gasteiger partial charge in [0.15, 0.2) is 11.6 Å². The van der Waals surface area contributed by atoms with Crippen molar-refractivity contribution in [1.82, 2.24) is 4.90 Å². The first kappa shape index (κ1) is 14.1. The number of nitrogens with zero attached hydrogens (tertiary/aromatic N) is 2. The van der Waals surface area contributed by atoms with E-state index >= 15 is 0 Å². The molecule has 1 aromatic rings. The van der Waals surface area contributed by atoms with E-state index in [-0.39, 0.29) is 11.7 Å². The summed E-state index contributed by atoms with van der Waals surface area (Å²) in [6.07, 6.45) is 1.89. The Labute approximate surface area is 113 Å². The average molecular weight is 269 g/mol. The molecule has 5 heteroatoms. The normalized spacial score (nSPS) is 17.7. The first-order valence-electron chi connectivity index (χ1n) is 6.73. The van der Waals surface area contributed by atoms with Crippen molar-refractivity contribution in [3.8, 4) is 0 Å². The lowest BCUT2D eigenvalue weighted by Gasteiger charge is -2.37. The zero-order chi connectivity index (χ0) is 14.0. The van der Waals surface area contributed by atoms with Crippen LogP contribution in [0.3, 0.4) is 0 Å². The monoisotopic (exact) mass is 269 g/mol. The summed E-state index contributed by atoms with van der Waals surface area (Å²) in [6, 6.07) is 2.70. The molecule has 1 heterocycles. The van der Waals surface area contributed by atoms with Crippen molar-refractivity contribution in [2.45, 2.75) is 25.8 Å². The van der Waals surface area contributed by atoms with E-state index in [9.17, 15) is 8.78 Å². The van der Waals surface area contributed by atoms with Gasteiger partial charge in [0, 0.05) is 26.2 Å². The van der Waals surface area contributed by atoms with Crippen LogP contribution in [0.2, 0.25) is 0 Å². The van der Waals surface area contributed by atoms with Crippen molar-refractivity contribution in [2.75, 3.05) is 37.3 Å². The summed E-state index contributed by atoms with van der Waals surface area (Å²) in [4.78, 5) is 4.15. The molecule has 2 N–H and O–H groups in total. The van der Waals surface area contributed by atoms with Crippen LogP contribution in [0.15, 0.2) is 12.1 Å². The van der Waals surface area contributed by atoms with Gasteiger partial charge < -0.3 is 15.5 Å². The van der Waals surface area contributed by atoms with Gasteiger partial charge in [0.05, 0.1) is 11.4 Å². The Morgan fingerprint density at radius 2 is 1.95 bits per heavy atom. The molecule has 0 saturated carbocycles. The molecule has 1 aliphatic heterocycles. The first-order valence-corrected chi connectivity index (χ1v) is 6.73. The number of anilines is 2. The summed E-state index contributed by atoms with van der Waals surface area (Å²) in [5.74, 6) is -1.69. The van der Waals surface area contributed by atoms with E-state index in [1.54, 1.807) is 11.9 Å². The van der Waals surface area contributed by atoms with E-state index in [1.165, 1.54) is 6.07 Å². The number of hydrogen-bond acceptors (Lipinski definition) is 3. The molecule has 0 spiro atoms. The van der Waals surface area contributed by atoms with Gasteiger partial charge in [0.2, 0.25) is 0 Å². The largest absolute Gasteiger partial charge is 0.397 e. The van der Waals surface area contributed by atoms with Gasteiger partial charge in [0.1, 0.15) is 0 Å². The number of halogens is 2. The molecular weight excluding hydrogens is 248 g/mol. The second kappa shape index (κ2) is 5.74. The Hall–Kier alpha value is -1.36. The van der Waals surface area contributed by atoms with Crippen LogP contribution in [-0.4, -0.2) is 37.6 Å². The van der Waals surface area contributed by atoms with Crippen LogP contribution in [0.5, 0.6) is 0 Å². The highest BCUT2D eigenvalue weighted by Gasteiger charge is 2.25. The molecule has 19 heavy (non-hydrogen) atoms. The van der Waals surface area contributed by atoms with Crippen molar-refractivity contribution >= 4 is 11.4 Å². The summed E-state index contributed by atoms with van der Waals surface area (Å²) < 4.78 is 27.2. The predicted octanol–water partition coefficient (Wildman–Crippen LogP) is 2.47. The van der Waals surface area contributed by atoms with Gasteiger partial charge in [-0.05, 0) is 31.5 Å². The maximum atomic E-state index is 13.9. The fraction of sp³-hybridized carbons (Fsp3) is 0.571. The lowest BCUT2D eigenvalue weighted by Crippen LogP contribution is -2.43. The molecule has 1 saturated heterocycles. The number of benzene rings is 1. The molecule has 0 amide bonds. The molecular formula is C14H21F2N3. The molecule has 106 valence electrons. The minimum Gasteiger partial charge on any atom is -0.397 e. The third-order valence-corrected chi connectivity index (χ3v) is 4.00. The van der Waals surface area contributed by atoms with E-state index in [0.29, 0.717) is 5.69 Å². The number of hydrogen-bond donors (Lipinski definition) is 1. The van der Waals surface area contributed by atoms with E-state index in [2.05, 4.69) is 11.8 Å². The number of rotatable bonds is 3. The van der Waals surface area contributed by atoms with Crippen LogP contribution < -0.4 is 10.6 Å². The molecule has 1 aliphatic rings. The number of likely N-dealkylation sites (tertiary alicyclic amines) is 1. The van der Waals surface area contributed by atoms with Crippen LogP contribution in [0, 0.1) is 11.6 Å². The molecule has 0 unspecified atom stereocenters. The maximum absolute atomic E-state index is 13.9. The van der Waals surface area contributed by atoms with Crippen LogP contribution in [0.4, 0.5) is 20.2 Å². The third kappa shape index (κ3) is 2.81. The summed E-state index contributed by atoms with van der Waals surface area (Å²) in [7, 11) is 1.79. The smallest absolute Gasteiger partial charge is 0.184 e. The van der Waals surface area contributed by atoms with Gasteiger partial charge in [-0.25, -0.2) is 8.78 Å². The molecule has 0 atom stereocenters. The van der Waals surface area contributed by atoms with Gasteiger partial charge in [-0.1, -0.05) is 6.92 Å². The molecule has 0 aromatic heterocycles. The van der Waals surface area contributed by atoms with Crippen molar-refractivity contribution in [3.05, 3.63) is 23.8 Å². The maximum Gasteiger partial charge on any atom is 0.184 e. The average Bonchev–Trinajstić information content (AvgIpc) is 2.43. The highest BCUT2D eigenvalue weighted by atomic mass is 19.2. The minimum atomic E-state index is -0.847. The third-order valence-electron chi connectivity index (χ3n) is 4.00. The molecule has 0 aliphatic carbocycles. The van der Waals surface area contributed by atoms with E-state index in [0.717, 1.165) is 38.5 Å². The second-order valence-electron chi connectivity index (χ2n) is 5.08. The Bertz CT molecular complexity index is 443. The van der Waals surface area contributed by atoms with E-state index in [1.807, 2.05) is 0 Å². The summed E-state index contributed by atoms with van der Waals surface area (Å²) >= 11 is 0. The lowest BCUT2D eigenvalue weighted by molar-refractivity contribution is 0.220. The standard InChI is InChI=1S/C14H21F2N3/c1-3-19-8-6-10(7-9-19)18(2)14-12(17)5-4-11(15)13(14)16/h4-5,10H,3,6-9,17H2,1-2H3. The summed E-state index contributed by atoms with van der Waals surface area (Å²) in [6.45, 7) is 5.14. The van der Waals surface area contributed by atoms with Crippen molar-refractivity contribution in [1.29, 1.82) is 0 Å². The van der Waals surface area contributed by atoms with Crippen LogP contribution in [0.1, 0.15) is 19.8 Å². The number of nitrogen functional groups attached to an aromatic ring is 1. The minimum absolute atomic E-state index is 0.190. The molecule has 1 aromatic carbocycles. The fourth-order valence-corrected chi connectivity index (χ4v) is 2.72. The number of piperidine rings is 1. The van der Waals surface area contributed by atoms with Crippen molar-refractivity contribution in [3.63, 3.8) is 0 Å². The van der Waals surface area contributed by atoms with Gasteiger partial charge in [-0.3, -0.25) is 0 Å². The zero-order valence-electron chi connectivity index (χ0n) is 11.5. The molecule has 3 nitrogen and oxygen atoms in total. The topological polar surface area (TPSA) is 32.5 Å². The first-order chi connectivity index (χ1) is 9.04. The van der Waals surface area contributed by atoms with Crippen molar-refractivity contribution < 1.29 is 8.78 Å². The SMILES string of the molecule is CCN1CCC(N(C)c2c(N)ccc(F)c2F)CC1. The zero-order valence-corrected chi connectivity index (χ0v) is 11.5. The van der Waals surface area contributed by atoms with Crippen molar-refractivity contribution in [2.24, 2.45) is 0 Å². The Kier molecular flexibility index (Phi) is 4.24. The van der Waals surface area contributed by atoms with Gasteiger partial charge in [0.25, 0.3) is 0 Å². The van der Waals surface area contributed by atoms with Gasteiger partial charge >= 0.3 is 0 Å². The molecule has 0 bridgehead atoms. The second-order valence-corrected chi connectivity index (χ2v) is 5.08. The predicted molar refractivity (Wildman–Crippen MR) is 74.3 cm³/mol. The summed E-state index contributed by atoms with van der Waals surface area (Å²) in [5.41, 5.74) is 6.27.